The van der Waals surface area contributed by atoms with Gasteiger partial charge >= 0.3 is 0 Å². The first-order valence-corrected chi connectivity index (χ1v) is 5.74. The molecule has 0 aliphatic rings. The van der Waals surface area contributed by atoms with Crippen molar-refractivity contribution in [1.82, 2.24) is 0 Å². The van der Waals surface area contributed by atoms with Crippen molar-refractivity contribution in [2.24, 2.45) is 0 Å². The highest BCUT2D eigenvalue weighted by atomic mass is 35.5. The second kappa shape index (κ2) is 6.52. The molecule has 0 fully saturated rings. The first kappa shape index (κ1) is 13.9. The summed E-state index contributed by atoms with van der Waals surface area (Å²) in [5, 5.41) is 18.9. The van der Waals surface area contributed by atoms with Crippen molar-refractivity contribution >= 4 is 34.8 Å². The lowest BCUT2D eigenvalue weighted by Gasteiger charge is -2.12. The average Bonchev–Trinajstić information content (AvgIpc) is 2.22. The summed E-state index contributed by atoms with van der Waals surface area (Å²) in [5.41, 5.74) is 0. The van der Waals surface area contributed by atoms with Gasteiger partial charge in [-0.1, -0.05) is 34.8 Å². The minimum Gasteiger partial charge on any atom is -0.489 e. The Morgan fingerprint density at radius 1 is 1.12 bits per heavy atom. The molecule has 1 aromatic carbocycles. The van der Waals surface area contributed by atoms with E-state index in [9.17, 15) is 5.11 Å². The normalized spacial score (nSPS) is 12.6. The van der Waals surface area contributed by atoms with Crippen LogP contribution in [0.1, 0.15) is 6.42 Å². The third-order valence-electron chi connectivity index (χ3n) is 1.87. The van der Waals surface area contributed by atoms with Crippen LogP contribution in [0.25, 0.3) is 0 Å². The highest BCUT2D eigenvalue weighted by Gasteiger charge is 2.09. The van der Waals surface area contributed by atoms with E-state index < -0.39 is 6.10 Å². The zero-order valence-corrected chi connectivity index (χ0v) is 10.6. The molecule has 90 valence electrons. The molecule has 0 aromatic heterocycles. The van der Waals surface area contributed by atoms with Crippen LogP contribution in [-0.2, 0) is 0 Å². The molecule has 0 bridgehead atoms. The maximum Gasteiger partial charge on any atom is 0.139 e. The number of hydrogen-bond donors (Lipinski definition) is 2. The summed E-state index contributed by atoms with van der Waals surface area (Å²) in [6.07, 6.45) is -0.491. The van der Waals surface area contributed by atoms with Crippen molar-refractivity contribution in [2.45, 2.75) is 12.5 Å². The van der Waals surface area contributed by atoms with Gasteiger partial charge in [0, 0.05) is 12.7 Å². The summed E-state index contributed by atoms with van der Waals surface area (Å²) in [7, 11) is 0. The lowest BCUT2D eigenvalue weighted by Crippen LogP contribution is -2.18. The number of halogens is 3. The number of benzene rings is 1. The standard InChI is InChI=1S/C10H11Cl3O3/c11-7-3-9(13)10(4-8(7)12)16-5-6(15)1-2-14/h3-4,6,14-15H,1-2,5H2. The summed E-state index contributed by atoms with van der Waals surface area (Å²) in [6.45, 7) is -0.0577. The topological polar surface area (TPSA) is 49.7 Å². The van der Waals surface area contributed by atoms with Crippen molar-refractivity contribution in [3.63, 3.8) is 0 Å². The molecule has 16 heavy (non-hydrogen) atoms. The Balaban J connectivity index is 2.63. The van der Waals surface area contributed by atoms with Crippen molar-refractivity contribution in [3.8, 4) is 5.75 Å². The molecule has 1 aromatic rings. The second-order valence-corrected chi connectivity index (χ2v) is 4.40. The van der Waals surface area contributed by atoms with Crippen molar-refractivity contribution in [1.29, 1.82) is 0 Å². The van der Waals surface area contributed by atoms with Gasteiger partial charge in [0.15, 0.2) is 0 Å². The zero-order valence-electron chi connectivity index (χ0n) is 8.29. The second-order valence-electron chi connectivity index (χ2n) is 3.17. The van der Waals surface area contributed by atoms with Gasteiger partial charge in [0.25, 0.3) is 0 Å². The first-order chi connectivity index (χ1) is 7.54. The molecule has 1 atom stereocenters. The third kappa shape index (κ3) is 4.00. The number of hydrogen-bond acceptors (Lipinski definition) is 3. The van der Waals surface area contributed by atoms with E-state index in [2.05, 4.69) is 0 Å². The predicted molar refractivity (Wildman–Crippen MR) is 64.7 cm³/mol. The van der Waals surface area contributed by atoms with E-state index in [1.807, 2.05) is 0 Å². The van der Waals surface area contributed by atoms with E-state index in [1.165, 1.54) is 12.1 Å². The van der Waals surface area contributed by atoms with E-state index in [-0.39, 0.29) is 19.6 Å². The molecule has 0 aliphatic carbocycles. The summed E-state index contributed by atoms with van der Waals surface area (Å²) in [5.74, 6) is 0.355. The molecular weight excluding hydrogens is 274 g/mol. The molecule has 0 radical (unpaired) electrons. The number of aliphatic hydroxyl groups excluding tert-OH is 2. The molecule has 1 rings (SSSR count). The Kier molecular flexibility index (Phi) is 5.66. The van der Waals surface area contributed by atoms with E-state index >= 15 is 0 Å². The third-order valence-corrected chi connectivity index (χ3v) is 2.89. The van der Waals surface area contributed by atoms with Gasteiger partial charge in [0.05, 0.1) is 21.2 Å². The molecular formula is C10H11Cl3O3. The van der Waals surface area contributed by atoms with Gasteiger partial charge in [-0.25, -0.2) is 0 Å². The Labute approximate surface area is 109 Å². The van der Waals surface area contributed by atoms with E-state index in [1.54, 1.807) is 0 Å². The van der Waals surface area contributed by atoms with E-state index in [0.717, 1.165) is 0 Å². The molecule has 0 amide bonds. The molecule has 2 N–H and O–H groups in total. The maximum atomic E-state index is 9.34. The van der Waals surface area contributed by atoms with Gasteiger partial charge in [0.2, 0.25) is 0 Å². The maximum absolute atomic E-state index is 9.34. The largest absolute Gasteiger partial charge is 0.489 e. The first-order valence-electron chi connectivity index (χ1n) is 4.61. The molecule has 1 unspecified atom stereocenters. The van der Waals surface area contributed by atoms with Crippen molar-refractivity contribution in [3.05, 3.63) is 27.2 Å². The Hall–Kier alpha value is -0.190. The number of rotatable bonds is 5. The van der Waals surface area contributed by atoms with Gasteiger partial charge < -0.3 is 14.9 Å². The monoisotopic (exact) mass is 284 g/mol. The summed E-state index contributed by atoms with van der Waals surface area (Å²) >= 11 is 17.4. The Morgan fingerprint density at radius 3 is 2.38 bits per heavy atom. The smallest absolute Gasteiger partial charge is 0.139 e. The van der Waals surface area contributed by atoms with Crippen LogP contribution in [-0.4, -0.2) is 29.5 Å². The van der Waals surface area contributed by atoms with Crippen LogP contribution in [0.2, 0.25) is 15.1 Å². The fraction of sp³-hybridized carbons (Fsp3) is 0.400. The lowest BCUT2D eigenvalue weighted by atomic mass is 10.3. The van der Waals surface area contributed by atoms with Gasteiger partial charge in [-0.3, -0.25) is 0 Å². The van der Waals surface area contributed by atoms with Gasteiger partial charge in [-0.05, 0) is 12.5 Å². The van der Waals surface area contributed by atoms with Gasteiger partial charge in [-0.2, -0.15) is 0 Å². The van der Waals surface area contributed by atoms with Crippen LogP contribution < -0.4 is 4.74 Å². The van der Waals surface area contributed by atoms with Crippen LogP contribution in [0.15, 0.2) is 12.1 Å². The zero-order chi connectivity index (χ0) is 12.1. The Bertz CT molecular complexity index is 357. The van der Waals surface area contributed by atoms with Crippen LogP contribution in [0, 0.1) is 0 Å². The van der Waals surface area contributed by atoms with Gasteiger partial charge in [-0.15, -0.1) is 0 Å². The fourth-order valence-corrected chi connectivity index (χ4v) is 1.62. The fourth-order valence-electron chi connectivity index (χ4n) is 1.03. The molecule has 6 heteroatoms. The molecule has 0 spiro atoms. The summed E-state index contributed by atoms with van der Waals surface area (Å²) < 4.78 is 5.25. The quantitative estimate of drug-likeness (QED) is 0.818. The number of aliphatic hydroxyl groups is 2. The van der Waals surface area contributed by atoms with Crippen molar-refractivity contribution < 1.29 is 14.9 Å². The molecule has 0 saturated heterocycles. The SMILES string of the molecule is OCCC(O)COc1cc(Cl)c(Cl)cc1Cl. The molecule has 0 heterocycles. The molecule has 0 aliphatic heterocycles. The van der Waals surface area contributed by atoms with Crippen molar-refractivity contribution in [2.75, 3.05) is 13.2 Å². The highest BCUT2D eigenvalue weighted by Crippen LogP contribution is 2.33. The minimum atomic E-state index is -0.740. The summed E-state index contributed by atoms with van der Waals surface area (Å²) in [4.78, 5) is 0. The predicted octanol–water partition coefficient (Wildman–Crippen LogP) is 2.77. The van der Waals surface area contributed by atoms with Crippen LogP contribution in [0.5, 0.6) is 5.75 Å². The van der Waals surface area contributed by atoms with Crippen LogP contribution in [0.4, 0.5) is 0 Å². The number of ether oxygens (including phenoxy) is 1. The van der Waals surface area contributed by atoms with Gasteiger partial charge in [0.1, 0.15) is 12.4 Å². The molecule has 3 nitrogen and oxygen atoms in total. The summed E-state index contributed by atoms with van der Waals surface area (Å²) in [6, 6.07) is 2.96. The molecule has 0 saturated carbocycles. The van der Waals surface area contributed by atoms with E-state index in [0.29, 0.717) is 20.8 Å². The minimum absolute atomic E-state index is 0.0399. The Morgan fingerprint density at radius 2 is 1.75 bits per heavy atom. The highest BCUT2D eigenvalue weighted by molar-refractivity contribution is 6.43. The van der Waals surface area contributed by atoms with Crippen LogP contribution >= 0.6 is 34.8 Å². The van der Waals surface area contributed by atoms with Crippen LogP contribution in [0.3, 0.4) is 0 Å². The van der Waals surface area contributed by atoms with E-state index in [4.69, 9.17) is 44.6 Å². The lowest BCUT2D eigenvalue weighted by molar-refractivity contribution is 0.0822. The average molecular weight is 286 g/mol.